The molecule has 104 valence electrons. The minimum atomic E-state index is -3.70. The van der Waals surface area contributed by atoms with Crippen LogP contribution in [0.25, 0.3) is 0 Å². The zero-order chi connectivity index (χ0) is 13.7. The van der Waals surface area contributed by atoms with Crippen LogP contribution in [0.2, 0.25) is 0 Å². The smallest absolute Gasteiger partial charge is 0.240 e. The third-order valence-electron chi connectivity index (χ3n) is 2.87. The fourth-order valence-electron chi connectivity index (χ4n) is 2.02. The molecule has 0 atom stereocenters. The van der Waals surface area contributed by atoms with E-state index in [-0.39, 0.29) is 17.9 Å². The SMILES string of the molecule is O=C(CC1=CCCCC1)NS(=O)(=O)Cc1ccon1. The Kier molecular flexibility index (Phi) is 4.36. The van der Waals surface area contributed by atoms with Crippen LogP contribution >= 0.6 is 0 Å². The van der Waals surface area contributed by atoms with Crippen molar-refractivity contribution in [1.82, 2.24) is 9.88 Å². The molecule has 1 N–H and O–H groups in total. The predicted octanol–water partition coefficient (Wildman–Crippen LogP) is 1.51. The van der Waals surface area contributed by atoms with Crippen molar-refractivity contribution >= 4 is 15.9 Å². The van der Waals surface area contributed by atoms with E-state index in [1.165, 1.54) is 12.3 Å². The Morgan fingerprint density at radius 3 is 2.89 bits per heavy atom. The minimum absolute atomic E-state index is 0.151. The molecule has 0 saturated heterocycles. The lowest BCUT2D eigenvalue weighted by Gasteiger charge is -2.12. The van der Waals surface area contributed by atoms with E-state index in [1.807, 2.05) is 6.08 Å². The van der Waals surface area contributed by atoms with E-state index in [1.54, 1.807) is 0 Å². The number of rotatable bonds is 5. The molecule has 0 fully saturated rings. The second-order valence-corrected chi connectivity index (χ2v) is 6.28. The van der Waals surface area contributed by atoms with E-state index < -0.39 is 15.9 Å². The Bertz CT molecular complexity index is 561. The van der Waals surface area contributed by atoms with Gasteiger partial charge in [0.2, 0.25) is 15.9 Å². The molecule has 1 heterocycles. The van der Waals surface area contributed by atoms with Gasteiger partial charge in [-0.25, -0.2) is 8.42 Å². The van der Waals surface area contributed by atoms with Crippen molar-refractivity contribution in [2.75, 3.05) is 0 Å². The molecule has 6 nitrogen and oxygen atoms in total. The molecule has 0 unspecified atom stereocenters. The first-order valence-electron chi connectivity index (χ1n) is 6.16. The van der Waals surface area contributed by atoms with E-state index in [4.69, 9.17) is 0 Å². The molecule has 0 spiro atoms. The highest BCUT2D eigenvalue weighted by molar-refractivity contribution is 7.89. The van der Waals surface area contributed by atoms with Crippen molar-refractivity contribution < 1.29 is 17.7 Å². The van der Waals surface area contributed by atoms with Crippen molar-refractivity contribution in [3.63, 3.8) is 0 Å². The van der Waals surface area contributed by atoms with Gasteiger partial charge in [-0.3, -0.25) is 9.52 Å². The fraction of sp³-hybridized carbons (Fsp3) is 0.500. The number of nitrogens with one attached hydrogen (secondary N) is 1. The highest BCUT2D eigenvalue weighted by Crippen LogP contribution is 2.19. The van der Waals surface area contributed by atoms with Gasteiger partial charge in [-0.2, -0.15) is 0 Å². The molecule has 1 aliphatic rings. The molecular weight excluding hydrogens is 268 g/mol. The fourth-order valence-corrected chi connectivity index (χ4v) is 3.05. The van der Waals surface area contributed by atoms with Gasteiger partial charge < -0.3 is 4.52 Å². The van der Waals surface area contributed by atoms with E-state index in [0.717, 1.165) is 31.3 Å². The third kappa shape index (κ3) is 4.51. The molecule has 0 saturated carbocycles. The summed E-state index contributed by atoms with van der Waals surface area (Å²) in [6.45, 7) is 0. The number of sulfonamides is 1. The normalized spacial score (nSPS) is 15.9. The summed E-state index contributed by atoms with van der Waals surface area (Å²) in [4.78, 5) is 11.7. The Hall–Kier alpha value is -1.63. The van der Waals surface area contributed by atoms with Gasteiger partial charge in [-0.05, 0) is 25.7 Å². The van der Waals surface area contributed by atoms with Gasteiger partial charge in [0.15, 0.2) is 0 Å². The zero-order valence-corrected chi connectivity index (χ0v) is 11.3. The standard InChI is InChI=1S/C12H16N2O4S/c15-12(8-10-4-2-1-3-5-10)14-19(16,17)9-11-6-7-18-13-11/h4,6-7H,1-3,5,8-9H2,(H,14,15). The summed E-state index contributed by atoms with van der Waals surface area (Å²) in [6.07, 6.45) is 7.50. The summed E-state index contributed by atoms with van der Waals surface area (Å²) in [5.74, 6) is -0.842. The molecule has 1 aliphatic carbocycles. The number of carbonyl (C=O) groups excluding carboxylic acids is 1. The van der Waals surface area contributed by atoms with Crippen molar-refractivity contribution in [2.45, 2.75) is 37.9 Å². The summed E-state index contributed by atoms with van der Waals surface area (Å²) in [5, 5.41) is 3.51. The van der Waals surface area contributed by atoms with E-state index in [9.17, 15) is 13.2 Å². The lowest BCUT2D eigenvalue weighted by molar-refractivity contribution is -0.118. The van der Waals surface area contributed by atoms with Crippen LogP contribution < -0.4 is 4.72 Å². The van der Waals surface area contributed by atoms with Crippen molar-refractivity contribution in [3.8, 4) is 0 Å². The lowest BCUT2D eigenvalue weighted by Crippen LogP contribution is -2.31. The molecular formula is C12H16N2O4S. The third-order valence-corrected chi connectivity index (χ3v) is 4.09. The van der Waals surface area contributed by atoms with Gasteiger partial charge >= 0.3 is 0 Å². The average Bonchev–Trinajstić information content (AvgIpc) is 2.81. The van der Waals surface area contributed by atoms with Crippen LogP contribution in [0.15, 0.2) is 28.5 Å². The average molecular weight is 284 g/mol. The van der Waals surface area contributed by atoms with Crippen LogP contribution in [0.3, 0.4) is 0 Å². The molecule has 0 aliphatic heterocycles. The summed E-state index contributed by atoms with van der Waals surface area (Å²) in [6, 6.07) is 1.45. The Morgan fingerprint density at radius 2 is 2.26 bits per heavy atom. The van der Waals surface area contributed by atoms with Crippen molar-refractivity contribution in [1.29, 1.82) is 0 Å². The first-order valence-corrected chi connectivity index (χ1v) is 7.81. The van der Waals surface area contributed by atoms with Gasteiger partial charge in [-0.15, -0.1) is 0 Å². The van der Waals surface area contributed by atoms with Crippen molar-refractivity contribution in [3.05, 3.63) is 29.7 Å². The first kappa shape index (κ1) is 13.8. The monoisotopic (exact) mass is 284 g/mol. The topological polar surface area (TPSA) is 89.3 Å². The maximum Gasteiger partial charge on any atom is 0.240 e. The number of aromatic nitrogens is 1. The molecule has 1 aromatic heterocycles. The summed E-state index contributed by atoms with van der Waals surface area (Å²) in [7, 11) is -3.70. The van der Waals surface area contributed by atoms with Crippen LogP contribution in [0.1, 0.15) is 37.8 Å². The number of allylic oxidation sites excluding steroid dienone is 1. The number of nitrogens with zero attached hydrogens (tertiary/aromatic N) is 1. The van der Waals surface area contributed by atoms with Crippen LogP contribution in [-0.2, 0) is 20.6 Å². The highest BCUT2D eigenvalue weighted by atomic mass is 32.2. The summed E-state index contributed by atoms with van der Waals surface area (Å²) < 4.78 is 30.0. The Balaban J connectivity index is 1.88. The van der Waals surface area contributed by atoms with E-state index in [2.05, 4.69) is 14.4 Å². The van der Waals surface area contributed by atoms with Crippen LogP contribution in [0.5, 0.6) is 0 Å². The number of amides is 1. The number of hydrogen-bond acceptors (Lipinski definition) is 5. The number of carbonyl (C=O) groups is 1. The quantitative estimate of drug-likeness (QED) is 0.828. The molecule has 0 aromatic carbocycles. The summed E-state index contributed by atoms with van der Waals surface area (Å²) in [5.41, 5.74) is 1.29. The Morgan fingerprint density at radius 1 is 1.42 bits per heavy atom. The molecule has 7 heteroatoms. The predicted molar refractivity (Wildman–Crippen MR) is 68.4 cm³/mol. The molecule has 0 radical (unpaired) electrons. The van der Waals surface area contributed by atoms with Gasteiger partial charge in [0.05, 0.1) is 0 Å². The van der Waals surface area contributed by atoms with Crippen LogP contribution in [0, 0.1) is 0 Å². The van der Waals surface area contributed by atoms with Gasteiger partial charge in [0.25, 0.3) is 0 Å². The highest BCUT2D eigenvalue weighted by Gasteiger charge is 2.18. The maximum atomic E-state index is 11.7. The number of hydrogen-bond donors (Lipinski definition) is 1. The lowest BCUT2D eigenvalue weighted by atomic mass is 9.97. The largest absolute Gasteiger partial charge is 0.364 e. The summed E-state index contributed by atoms with van der Waals surface area (Å²) >= 11 is 0. The maximum absolute atomic E-state index is 11.7. The molecule has 19 heavy (non-hydrogen) atoms. The minimum Gasteiger partial charge on any atom is -0.364 e. The first-order chi connectivity index (χ1) is 9.05. The van der Waals surface area contributed by atoms with E-state index >= 15 is 0 Å². The van der Waals surface area contributed by atoms with Gasteiger partial charge in [0, 0.05) is 12.5 Å². The molecule has 1 amide bonds. The second-order valence-electron chi connectivity index (χ2n) is 4.56. The Labute approximate surface area is 111 Å². The zero-order valence-electron chi connectivity index (χ0n) is 10.5. The molecule has 0 bridgehead atoms. The van der Waals surface area contributed by atoms with Crippen LogP contribution in [-0.4, -0.2) is 19.5 Å². The van der Waals surface area contributed by atoms with Gasteiger partial charge in [-0.1, -0.05) is 16.8 Å². The van der Waals surface area contributed by atoms with E-state index in [0.29, 0.717) is 0 Å². The molecule has 2 rings (SSSR count). The van der Waals surface area contributed by atoms with Gasteiger partial charge in [0.1, 0.15) is 17.7 Å². The molecule has 1 aromatic rings. The second kappa shape index (κ2) is 6.01. The van der Waals surface area contributed by atoms with Crippen LogP contribution in [0.4, 0.5) is 0 Å². The van der Waals surface area contributed by atoms with Crippen molar-refractivity contribution in [2.24, 2.45) is 0 Å².